The zero-order valence-corrected chi connectivity index (χ0v) is 26.0. The SMILES string of the molecule is c1ccc(-c2cc(-c3ccc(-c4ccc(-c5ccc6ccccc6n5)cc4)c4ccccc34)nc(-c3ccc4ccccc4n3)n2)cc1. The lowest BCUT2D eigenvalue weighted by molar-refractivity contribution is 1.16. The standard InChI is InChI=1S/C44H28N4/c1-2-10-30(11-3-1)42-28-43(48-44(47-42)41-27-23-32-13-5-9-17-39(32)46-41)37-25-24-34(35-14-6-7-15-36(35)37)29-18-20-33(21-19-29)40-26-22-31-12-4-8-16-38(31)45-40/h1-28H. The maximum atomic E-state index is 5.14. The molecule has 48 heavy (non-hydrogen) atoms. The largest absolute Gasteiger partial charge is 0.248 e. The predicted molar refractivity (Wildman–Crippen MR) is 197 cm³/mol. The number of benzene rings is 6. The van der Waals surface area contributed by atoms with Crippen LogP contribution in [0.15, 0.2) is 170 Å². The van der Waals surface area contributed by atoms with Crippen LogP contribution in [-0.2, 0) is 0 Å². The van der Waals surface area contributed by atoms with Crippen molar-refractivity contribution in [2.75, 3.05) is 0 Å². The first-order chi connectivity index (χ1) is 23.8. The molecule has 4 nitrogen and oxygen atoms in total. The van der Waals surface area contributed by atoms with E-state index in [4.69, 9.17) is 19.9 Å². The second-order valence-electron chi connectivity index (χ2n) is 11.9. The Bertz CT molecular complexity index is 2610. The van der Waals surface area contributed by atoms with Crippen LogP contribution in [0.2, 0.25) is 0 Å². The molecule has 3 heterocycles. The van der Waals surface area contributed by atoms with E-state index in [0.29, 0.717) is 5.82 Å². The quantitative estimate of drug-likeness (QED) is 0.194. The summed E-state index contributed by atoms with van der Waals surface area (Å²) in [5.41, 5.74) is 10.8. The Morgan fingerprint density at radius 3 is 1.54 bits per heavy atom. The van der Waals surface area contributed by atoms with Crippen LogP contribution in [0, 0.1) is 0 Å². The fourth-order valence-electron chi connectivity index (χ4n) is 6.47. The summed E-state index contributed by atoms with van der Waals surface area (Å²) in [6, 6.07) is 58.7. The first-order valence-corrected chi connectivity index (χ1v) is 16.1. The average molecular weight is 613 g/mol. The van der Waals surface area contributed by atoms with Crippen molar-refractivity contribution in [2.45, 2.75) is 0 Å². The molecule has 0 bridgehead atoms. The molecule has 0 spiro atoms. The Morgan fingerprint density at radius 2 is 0.812 bits per heavy atom. The van der Waals surface area contributed by atoms with Gasteiger partial charge in [0.05, 0.1) is 28.1 Å². The Labute approximate surface area is 278 Å². The highest BCUT2D eigenvalue weighted by Gasteiger charge is 2.16. The van der Waals surface area contributed by atoms with Crippen LogP contribution < -0.4 is 0 Å². The number of nitrogens with zero attached hydrogens (tertiary/aromatic N) is 4. The van der Waals surface area contributed by atoms with Crippen LogP contribution in [0.25, 0.3) is 89.0 Å². The lowest BCUT2D eigenvalue weighted by Gasteiger charge is -2.14. The molecule has 0 unspecified atom stereocenters. The van der Waals surface area contributed by atoms with Crippen molar-refractivity contribution >= 4 is 32.6 Å². The molecule has 0 atom stereocenters. The number of rotatable bonds is 5. The van der Waals surface area contributed by atoms with E-state index < -0.39 is 0 Å². The van der Waals surface area contributed by atoms with Crippen LogP contribution in [0.5, 0.6) is 0 Å². The van der Waals surface area contributed by atoms with Crippen LogP contribution in [0.3, 0.4) is 0 Å². The van der Waals surface area contributed by atoms with Crippen molar-refractivity contribution in [2.24, 2.45) is 0 Å². The minimum atomic E-state index is 0.600. The van der Waals surface area contributed by atoms with E-state index in [0.717, 1.165) is 77.6 Å². The molecule has 0 N–H and O–H groups in total. The third-order valence-electron chi connectivity index (χ3n) is 8.91. The van der Waals surface area contributed by atoms with E-state index in [2.05, 4.69) is 115 Å². The molecular formula is C44H28N4. The second kappa shape index (κ2) is 11.7. The van der Waals surface area contributed by atoms with Crippen LogP contribution in [0.1, 0.15) is 0 Å². The van der Waals surface area contributed by atoms with Gasteiger partial charge in [-0.05, 0) is 52.2 Å². The maximum absolute atomic E-state index is 5.14. The van der Waals surface area contributed by atoms with Gasteiger partial charge in [0.1, 0.15) is 5.69 Å². The molecule has 6 aromatic carbocycles. The van der Waals surface area contributed by atoms with Crippen molar-refractivity contribution in [3.8, 4) is 56.4 Å². The monoisotopic (exact) mass is 612 g/mol. The lowest BCUT2D eigenvalue weighted by Crippen LogP contribution is -1.98. The van der Waals surface area contributed by atoms with Gasteiger partial charge in [0.2, 0.25) is 0 Å². The van der Waals surface area contributed by atoms with E-state index in [-0.39, 0.29) is 0 Å². The normalized spacial score (nSPS) is 11.3. The predicted octanol–water partition coefficient (Wildman–Crippen LogP) is 11.1. The van der Waals surface area contributed by atoms with E-state index in [1.807, 2.05) is 54.6 Å². The summed E-state index contributed by atoms with van der Waals surface area (Å²) < 4.78 is 0. The molecule has 0 aliphatic carbocycles. The first kappa shape index (κ1) is 27.8. The summed E-state index contributed by atoms with van der Waals surface area (Å²) in [4.78, 5) is 20.0. The van der Waals surface area contributed by atoms with Crippen molar-refractivity contribution in [3.05, 3.63) is 170 Å². The first-order valence-electron chi connectivity index (χ1n) is 16.1. The number of hydrogen-bond acceptors (Lipinski definition) is 4. The molecule has 4 heteroatoms. The number of pyridine rings is 2. The van der Waals surface area contributed by atoms with E-state index in [1.54, 1.807) is 0 Å². The van der Waals surface area contributed by atoms with Gasteiger partial charge in [-0.3, -0.25) is 0 Å². The third-order valence-corrected chi connectivity index (χ3v) is 8.91. The third kappa shape index (κ3) is 5.06. The van der Waals surface area contributed by atoms with Gasteiger partial charge in [0.25, 0.3) is 0 Å². The van der Waals surface area contributed by atoms with E-state index in [1.165, 1.54) is 5.56 Å². The van der Waals surface area contributed by atoms with Crippen molar-refractivity contribution in [1.29, 1.82) is 0 Å². The molecular weight excluding hydrogens is 585 g/mol. The van der Waals surface area contributed by atoms with Gasteiger partial charge in [-0.2, -0.15) is 0 Å². The summed E-state index contributed by atoms with van der Waals surface area (Å²) in [5.74, 6) is 0.600. The molecule has 9 rings (SSSR count). The highest BCUT2D eigenvalue weighted by Crippen LogP contribution is 2.37. The summed E-state index contributed by atoms with van der Waals surface area (Å²) in [6.45, 7) is 0. The average Bonchev–Trinajstić information content (AvgIpc) is 3.17. The molecule has 0 aliphatic heterocycles. The molecule has 0 saturated heterocycles. The van der Waals surface area contributed by atoms with Gasteiger partial charge in [-0.1, -0.05) is 140 Å². The highest BCUT2D eigenvalue weighted by atomic mass is 14.9. The van der Waals surface area contributed by atoms with Gasteiger partial charge >= 0.3 is 0 Å². The number of fused-ring (bicyclic) bond motifs is 3. The van der Waals surface area contributed by atoms with Gasteiger partial charge in [0, 0.05) is 27.5 Å². The summed E-state index contributed by atoms with van der Waals surface area (Å²) in [7, 11) is 0. The molecule has 0 fully saturated rings. The lowest BCUT2D eigenvalue weighted by atomic mass is 9.93. The van der Waals surface area contributed by atoms with E-state index >= 15 is 0 Å². The molecule has 0 aliphatic rings. The fourth-order valence-corrected chi connectivity index (χ4v) is 6.47. The Morgan fingerprint density at radius 1 is 0.292 bits per heavy atom. The minimum absolute atomic E-state index is 0.600. The van der Waals surface area contributed by atoms with Crippen LogP contribution >= 0.6 is 0 Å². The maximum Gasteiger partial charge on any atom is 0.179 e. The number of para-hydroxylation sites is 2. The summed E-state index contributed by atoms with van der Waals surface area (Å²) in [5, 5.41) is 4.52. The van der Waals surface area contributed by atoms with E-state index in [9.17, 15) is 0 Å². The van der Waals surface area contributed by atoms with Gasteiger partial charge in [-0.15, -0.1) is 0 Å². The van der Waals surface area contributed by atoms with Crippen LogP contribution in [0.4, 0.5) is 0 Å². The van der Waals surface area contributed by atoms with Gasteiger partial charge in [0.15, 0.2) is 5.82 Å². The topological polar surface area (TPSA) is 51.6 Å². The second-order valence-corrected chi connectivity index (χ2v) is 11.9. The summed E-state index contributed by atoms with van der Waals surface area (Å²) >= 11 is 0. The molecule has 0 radical (unpaired) electrons. The van der Waals surface area contributed by atoms with Gasteiger partial charge in [-0.25, -0.2) is 19.9 Å². The molecule has 3 aromatic heterocycles. The minimum Gasteiger partial charge on any atom is -0.248 e. The highest BCUT2D eigenvalue weighted by molar-refractivity contribution is 6.05. The van der Waals surface area contributed by atoms with Crippen molar-refractivity contribution in [3.63, 3.8) is 0 Å². The molecule has 0 saturated carbocycles. The molecule has 224 valence electrons. The smallest absolute Gasteiger partial charge is 0.179 e. The molecule has 0 amide bonds. The molecule has 9 aromatic rings. The number of hydrogen-bond donors (Lipinski definition) is 0. The Hall–Kier alpha value is -6.52. The Balaban J connectivity index is 1.15. The zero-order valence-electron chi connectivity index (χ0n) is 26.0. The summed E-state index contributed by atoms with van der Waals surface area (Å²) in [6.07, 6.45) is 0. The van der Waals surface area contributed by atoms with Crippen molar-refractivity contribution in [1.82, 2.24) is 19.9 Å². The van der Waals surface area contributed by atoms with Gasteiger partial charge < -0.3 is 0 Å². The Kier molecular flexibility index (Phi) is 6.76. The fraction of sp³-hybridized carbons (Fsp3) is 0. The van der Waals surface area contributed by atoms with Crippen molar-refractivity contribution < 1.29 is 0 Å². The number of aromatic nitrogens is 4. The van der Waals surface area contributed by atoms with Crippen LogP contribution in [-0.4, -0.2) is 19.9 Å². The zero-order chi connectivity index (χ0) is 31.9.